The highest BCUT2D eigenvalue weighted by atomic mass is 16.5. The zero-order valence-electron chi connectivity index (χ0n) is 14.7. The summed E-state index contributed by atoms with van der Waals surface area (Å²) in [5, 5.41) is 6.85. The molecule has 0 atom stereocenters. The predicted octanol–water partition coefficient (Wildman–Crippen LogP) is 1.69. The molecular weight excluding hydrogens is 320 g/mol. The monoisotopic (exact) mass is 342 g/mol. The number of Topliss-reactive ketones (excluding diaryl/α,β-unsaturated/α-hetero) is 1. The highest BCUT2D eigenvalue weighted by Crippen LogP contribution is 2.20. The number of ketones is 1. The second kappa shape index (κ2) is 7.06. The second-order valence-electron chi connectivity index (χ2n) is 6.10. The van der Waals surface area contributed by atoms with Gasteiger partial charge >= 0.3 is 0 Å². The van der Waals surface area contributed by atoms with Gasteiger partial charge in [0.15, 0.2) is 0 Å². The minimum Gasteiger partial charge on any atom is -0.378 e. The number of amides is 1. The molecule has 1 saturated heterocycles. The van der Waals surface area contributed by atoms with Gasteiger partial charge in [-0.3, -0.25) is 14.3 Å². The molecule has 0 bridgehead atoms. The number of rotatable bonds is 4. The van der Waals surface area contributed by atoms with E-state index in [2.05, 4.69) is 15.3 Å². The van der Waals surface area contributed by atoms with Gasteiger partial charge in [-0.05, 0) is 38.1 Å². The van der Waals surface area contributed by atoms with Crippen molar-refractivity contribution in [3.05, 3.63) is 41.2 Å². The number of aryl methyl sites for hydroxylation is 2. The lowest BCUT2D eigenvalue weighted by atomic mass is 10.1. The molecule has 1 N–H and O–H groups in total. The summed E-state index contributed by atoms with van der Waals surface area (Å²) in [4.78, 5) is 26.9. The molecule has 0 aliphatic carbocycles. The minimum atomic E-state index is -0.654. The smallest absolute Gasteiger partial charge is 0.296 e. The normalized spacial score (nSPS) is 14.4. The number of hydrogen-bond donors (Lipinski definition) is 1. The molecule has 1 amide bonds. The first kappa shape index (κ1) is 17.2. The SMILES string of the molecule is Cc1nn(C)c(C)c1C(=O)C(=O)Nc1ccc(N2CCOCC2)cc1. The van der Waals surface area contributed by atoms with Gasteiger partial charge in [0.2, 0.25) is 0 Å². The van der Waals surface area contributed by atoms with Crippen LogP contribution in [0.5, 0.6) is 0 Å². The van der Waals surface area contributed by atoms with E-state index in [1.165, 1.54) is 0 Å². The molecule has 1 aromatic carbocycles. The van der Waals surface area contributed by atoms with E-state index < -0.39 is 11.7 Å². The van der Waals surface area contributed by atoms with E-state index >= 15 is 0 Å². The number of nitrogens with one attached hydrogen (secondary N) is 1. The zero-order valence-corrected chi connectivity index (χ0v) is 14.7. The summed E-state index contributed by atoms with van der Waals surface area (Å²) in [7, 11) is 1.75. The number of anilines is 2. The van der Waals surface area contributed by atoms with Crippen LogP contribution >= 0.6 is 0 Å². The van der Waals surface area contributed by atoms with E-state index in [0.29, 0.717) is 22.6 Å². The molecule has 0 unspecified atom stereocenters. The van der Waals surface area contributed by atoms with Gasteiger partial charge in [0.25, 0.3) is 11.7 Å². The number of carbonyl (C=O) groups excluding carboxylic acids is 2. The summed E-state index contributed by atoms with van der Waals surface area (Å²) >= 11 is 0. The van der Waals surface area contributed by atoms with E-state index in [1.807, 2.05) is 12.1 Å². The van der Waals surface area contributed by atoms with Crippen molar-refractivity contribution < 1.29 is 14.3 Å². The average molecular weight is 342 g/mol. The Labute approximate surface area is 146 Å². The maximum Gasteiger partial charge on any atom is 0.296 e. The Morgan fingerprint density at radius 2 is 1.76 bits per heavy atom. The van der Waals surface area contributed by atoms with Crippen molar-refractivity contribution in [2.24, 2.45) is 7.05 Å². The fourth-order valence-electron chi connectivity index (χ4n) is 2.98. The molecule has 132 valence electrons. The topological polar surface area (TPSA) is 76.5 Å². The molecular formula is C18H22N4O3. The van der Waals surface area contributed by atoms with Gasteiger partial charge in [0.1, 0.15) is 0 Å². The van der Waals surface area contributed by atoms with Crippen molar-refractivity contribution in [3.63, 3.8) is 0 Å². The van der Waals surface area contributed by atoms with Crippen molar-refractivity contribution in [2.45, 2.75) is 13.8 Å². The molecule has 0 spiro atoms. The van der Waals surface area contributed by atoms with E-state index in [0.717, 1.165) is 32.0 Å². The van der Waals surface area contributed by atoms with Gasteiger partial charge in [-0.25, -0.2) is 0 Å². The molecule has 2 aromatic rings. The number of hydrogen-bond acceptors (Lipinski definition) is 5. The van der Waals surface area contributed by atoms with Crippen LogP contribution < -0.4 is 10.2 Å². The Hall–Kier alpha value is -2.67. The van der Waals surface area contributed by atoms with Crippen molar-refractivity contribution >= 4 is 23.1 Å². The minimum absolute atomic E-state index is 0.366. The third-order valence-corrected chi connectivity index (χ3v) is 4.44. The predicted molar refractivity (Wildman–Crippen MR) is 95.1 cm³/mol. The molecule has 7 nitrogen and oxygen atoms in total. The maximum atomic E-state index is 12.4. The first-order chi connectivity index (χ1) is 12.0. The van der Waals surface area contributed by atoms with Crippen molar-refractivity contribution in [3.8, 4) is 0 Å². The summed E-state index contributed by atoms with van der Waals surface area (Å²) in [5.41, 5.74) is 3.27. The average Bonchev–Trinajstić information content (AvgIpc) is 2.88. The van der Waals surface area contributed by atoms with Gasteiger partial charge < -0.3 is 15.0 Å². The molecule has 3 rings (SSSR count). The van der Waals surface area contributed by atoms with Crippen LogP contribution in [0, 0.1) is 13.8 Å². The van der Waals surface area contributed by atoms with Gasteiger partial charge in [0.05, 0.1) is 24.5 Å². The molecule has 0 saturated carbocycles. The quantitative estimate of drug-likeness (QED) is 0.676. The lowest BCUT2D eigenvalue weighted by Crippen LogP contribution is -2.36. The summed E-state index contributed by atoms with van der Waals surface area (Å²) in [5.74, 6) is -1.22. The van der Waals surface area contributed by atoms with E-state index in [1.54, 1.807) is 37.7 Å². The van der Waals surface area contributed by atoms with Gasteiger partial charge in [0, 0.05) is 37.2 Å². The first-order valence-corrected chi connectivity index (χ1v) is 8.26. The Morgan fingerprint density at radius 3 is 2.32 bits per heavy atom. The van der Waals surface area contributed by atoms with Crippen LogP contribution in [0.4, 0.5) is 11.4 Å². The Kier molecular flexibility index (Phi) is 4.85. The standard InChI is InChI=1S/C18H22N4O3/c1-12-16(13(2)21(3)20-12)17(23)18(24)19-14-4-6-15(7-5-14)22-8-10-25-11-9-22/h4-7H,8-11H2,1-3H3,(H,19,24). The number of carbonyl (C=O) groups is 2. The van der Waals surface area contributed by atoms with Gasteiger partial charge in [-0.2, -0.15) is 5.10 Å². The molecule has 1 aliphatic heterocycles. The lowest BCUT2D eigenvalue weighted by Gasteiger charge is -2.28. The zero-order chi connectivity index (χ0) is 18.0. The molecule has 0 radical (unpaired) electrons. The third kappa shape index (κ3) is 3.56. The van der Waals surface area contributed by atoms with Crippen LogP contribution in [0.1, 0.15) is 21.7 Å². The number of morpholine rings is 1. The van der Waals surface area contributed by atoms with E-state index in [4.69, 9.17) is 4.74 Å². The highest BCUT2D eigenvalue weighted by molar-refractivity contribution is 6.47. The lowest BCUT2D eigenvalue weighted by molar-refractivity contribution is -0.112. The molecule has 7 heteroatoms. The molecule has 2 heterocycles. The fraction of sp³-hybridized carbons (Fsp3) is 0.389. The van der Waals surface area contributed by atoms with Crippen LogP contribution in [0.25, 0.3) is 0 Å². The van der Waals surface area contributed by atoms with Crippen molar-refractivity contribution in [1.29, 1.82) is 0 Å². The molecule has 1 aliphatic rings. The van der Waals surface area contributed by atoms with Crippen LogP contribution in [0.3, 0.4) is 0 Å². The third-order valence-electron chi connectivity index (χ3n) is 4.44. The van der Waals surface area contributed by atoms with E-state index in [9.17, 15) is 9.59 Å². The summed E-state index contributed by atoms with van der Waals surface area (Å²) in [6, 6.07) is 7.48. The fourth-order valence-corrected chi connectivity index (χ4v) is 2.98. The summed E-state index contributed by atoms with van der Waals surface area (Å²) in [6.45, 7) is 6.64. The summed E-state index contributed by atoms with van der Waals surface area (Å²) < 4.78 is 6.95. The van der Waals surface area contributed by atoms with Crippen LogP contribution in [0.2, 0.25) is 0 Å². The number of ether oxygens (including phenoxy) is 1. The molecule has 1 aromatic heterocycles. The summed E-state index contributed by atoms with van der Waals surface area (Å²) in [6.07, 6.45) is 0. The first-order valence-electron chi connectivity index (χ1n) is 8.26. The van der Waals surface area contributed by atoms with Gasteiger partial charge in [-0.15, -0.1) is 0 Å². The van der Waals surface area contributed by atoms with E-state index in [-0.39, 0.29) is 0 Å². The largest absolute Gasteiger partial charge is 0.378 e. The van der Waals surface area contributed by atoms with Crippen LogP contribution in [0.15, 0.2) is 24.3 Å². The van der Waals surface area contributed by atoms with Crippen LogP contribution in [-0.2, 0) is 16.6 Å². The van der Waals surface area contributed by atoms with Crippen molar-refractivity contribution in [1.82, 2.24) is 9.78 Å². The highest BCUT2D eigenvalue weighted by Gasteiger charge is 2.24. The maximum absolute atomic E-state index is 12.4. The number of nitrogens with zero attached hydrogens (tertiary/aromatic N) is 3. The Balaban J connectivity index is 1.69. The van der Waals surface area contributed by atoms with Gasteiger partial charge in [-0.1, -0.05) is 0 Å². The Morgan fingerprint density at radius 1 is 1.12 bits per heavy atom. The van der Waals surface area contributed by atoms with Crippen LogP contribution in [-0.4, -0.2) is 47.8 Å². The molecule has 25 heavy (non-hydrogen) atoms. The number of benzene rings is 1. The number of aromatic nitrogens is 2. The molecule has 1 fully saturated rings. The second-order valence-corrected chi connectivity index (χ2v) is 6.10. The Bertz CT molecular complexity index is 789. The van der Waals surface area contributed by atoms with Crippen molar-refractivity contribution in [2.75, 3.05) is 36.5 Å².